The lowest BCUT2D eigenvalue weighted by Crippen LogP contribution is -2.20. The van der Waals surface area contributed by atoms with E-state index in [1.165, 1.54) is 11.0 Å². The van der Waals surface area contributed by atoms with Gasteiger partial charge in [-0.3, -0.25) is 14.2 Å². The van der Waals surface area contributed by atoms with Gasteiger partial charge in [-0.2, -0.15) is 15.2 Å². The van der Waals surface area contributed by atoms with Crippen molar-refractivity contribution in [2.45, 2.75) is 6.54 Å². The molecule has 0 saturated carbocycles. The number of nitrogens with two attached hydrogens (primary N) is 1. The minimum atomic E-state index is -0.216. The van der Waals surface area contributed by atoms with Gasteiger partial charge in [0.2, 0.25) is 11.9 Å². The number of imidazole rings is 1. The fourth-order valence-corrected chi connectivity index (χ4v) is 2.46. The van der Waals surface area contributed by atoms with E-state index in [0.717, 1.165) is 0 Å². The normalized spacial score (nSPS) is 11.1. The van der Waals surface area contributed by atoms with E-state index < -0.39 is 0 Å². The number of hydrogen-bond acceptors (Lipinski definition) is 7. The standard InChI is InChI=1S/C14H14N10O/c1-23-9(2-3-18-23)20-10(25)6-24-5-8(4-19-24)11-12-13(17-7-16-12)22-14(15)21-11/h2-5,7H,6H2,1H3,(H,20,25)(H3,15,16,17,21,22). The van der Waals surface area contributed by atoms with E-state index in [9.17, 15) is 4.79 Å². The number of anilines is 2. The van der Waals surface area contributed by atoms with Crippen LogP contribution in [0, 0.1) is 0 Å². The number of nitrogens with zero attached hydrogens (tertiary/aromatic N) is 7. The summed E-state index contributed by atoms with van der Waals surface area (Å²) in [6.07, 6.45) is 6.45. The van der Waals surface area contributed by atoms with E-state index in [0.29, 0.717) is 28.2 Å². The molecule has 0 aliphatic heterocycles. The first kappa shape index (κ1) is 14.8. The Morgan fingerprint density at radius 3 is 3.04 bits per heavy atom. The minimum absolute atomic E-state index is 0.0534. The van der Waals surface area contributed by atoms with Gasteiger partial charge in [0.15, 0.2) is 5.65 Å². The number of aromatic nitrogens is 8. The average Bonchev–Trinajstić information content (AvgIpc) is 3.29. The molecule has 0 aliphatic rings. The van der Waals surface area contributed by atoms with E-state index >= 15 is 0 Å². The van der Waals surface area contributed by atoms with Crippen LogP contribution in [0.2, 0.25) is 0 Å². The highest BCUT2D eigenvalue weighted by Gasteiger charge is 2.14. The summed E-state index contributed by atoms with van der Waals surface area (Å²) in [5.74, 6) is 0.517. The molecule has 0 spiro atoms. The van der Waals surface area contributed by atoms with Crippen molar-refractivity contribution in [1.29, 1.82) is 0 Å². The van der Waals surface area contributed by atoms with Gasteiger partial charge in [0.1, 0.15) is 23.6 Å². The summed E-state index contributed by atoms with van der Waals surface area (Å²) < 4.78 is 3.09. The van der Waals surface area contributed by atoms with Crippen LogP contribution in [0.15, 0.2) is 31.0 Å². The Morgan fingerprint density at radius 2 is 2.24 bits per heavy atom. The lowest BCUT2D eigenvalue weighted by Gasteiger charge is -2.05. The van der Waals surface area contributed by atoms with E-state index in [1.807, 2.05) is 0 Å². The quantitative estimate of drug-likeness (QED) is 0.481. The van der Waals surface area contributed by atoms with Gasteiger partial charge in [-0.1, -0.05) is 0 Å². The number of aromatic amines is 1. The molecule has 4 heterocycles. The molecule has 11 nitrogen and oxygen atoms in total. The van der Waals surface area contributed by atoms with Crippen LogP contribution in [-0.2, 0) is 18.4 Å². The van der Waals surface area contributed by atoms with Gasteiger partial charge in [0.05, 0.1) is 18.7 Å². The molecule has 0 saturated heterocycles. The van der Waals surface area contributed by atoms with Crippen LogP contribution in [0.5, 0.6) is 0 Å². The van der Waals surface area contributed by atoms with E-state index in [4.69, 9.17) is 5.73 Å². The zero-order valence-electron chi connectivity index (χ0n) is 13.2. The number of carbonyl (C=O) groups excluding carboxylic acids is 1. The summed E-state index contributed by atoms with van der Waals surface area (Å²) in [4.78, 5) is 27.5. The molecule has 25 heavy (non-hydrogen) atoms. The Bertz CT molecular complexity index is 1060. The third kappa shape index (κ3) is 2.78. The lowest BCUT2D eigenvalue weighted by molar-refractivity contribution is -0.116. The molecule has 0 unspecified atom stereocenters. The van der Waals surface area contributed by atoms with Crippen molar-refractivity contribution in [3.63, 3.8) is 0 Å². The fraction of sp³-hybridized carbons (Fsp3) is 0.143. The number of nitrogen functional groups attached to an aromatic ring is 1. The third-order valence-electron chi connectivity index (χ3n) is 3.60. The first-order valence-electron chi connectivity index (χ1n) is 7.37. The largest absolute Gasteiger partial charge is 0.368 e. The van der Waals surface area contributed by atoms with Crippen molar-refractivity contribution < 1.29 is 4.79 Å². The number of H-pyrrole nitrogens is 1. The molecule has 0 atom stereocenters. The molecule has 0 bridgehead atoms. The first-order valence-corrected chi connectivity index (χ1v) is 7.37. The van der Waals surface area contributed by atoms with Gasteiger partial charge in [-0.15, -0.1) is 0 Å². The van der Waals surface area contributed by atoms with Crippen molar-refractivity contribution in [2.24, 2.45) is 7.05 Å². The maximum atomic E-state index is 12.1. The summed E-state index contributed by atoms with van der Waals surface area (Å²) in [6.45, 7) is 0.0534. The van der Waals surface area contributed by atoms with Crippen LogP contribution in [0.3, 0.4) is 0 Å². The van der Waals surface area contributed by atoms with Crippen molar-refractivity contribution in [1.82, 2.24) is 39.5 Å². The highest BCUT2D eigenvalue weighted by molar-refractivity contribution is 5.90. The zero-order chi connectivity index (χ0) is 17.4. The van der Waals surface area contributed by atoms with Crippen molar-refractivity contribution >= 4 is 28.8 Å². The molecule has 0 fully saturated rings. The predicted octanol–water partition coefficient (Wildman–Crippen LogP) is 0.171. The fourth-order valence-electron chi connectivity index (χ4n) is 2.46. The molecule has 4 N–H and O–H groups in total. The van der Waals surface area contributed by atoms with Crippen LogP contribution in [-0.4, -0.2) is 45.4 Å². The molecule has 4 aromatic rings. The van der Waals surface area contributed by atoms with Crippen LogP contribution in [0.25, 0.3) is 22.4 Å². The molecule has 1 amide bonds. The van der Waals surface area contributed by atoms with Crippen LogP contribution in [0.1, 0.15) is 0 Å². The number of amides is 1. The van der Waals surface area contributed by atoms with Crippen molar-refractivity contribution in [3.8, 4) is 11.3 Å². The monoisotopic (exact) mass is 338 g/mol. The number of nitrogens with one attached hydrogen (secondary N) is 2. The Labute approximate surface area is 140 Å². The van der Waals surface area contributed by atoms with E-state index in [1.54, 1.807) is 36.4 Å². The summed E-state index contributed by atoms with van der Waals surface area (Å²) >= 11 is 0. The predicted molar refractivity (Wildman–Crippen MR) is 89.2 cm³/mol. The maximum Gasteiger partial charge on any atom is 0.247 e. The Balaban J connectivity index is 1.56. The third-order valence-corrected chi connectivity index (χ3v) is 3.60. The van der Waals surface area contributed by atoms with Gasteiger partial charge < -0.3 is 16.0 Å². The molecule has 11 heteroatoms. The highest BCUT2D eigenvalue weighted by Crippen LogP contribution is 2.23. The summed E-state index contributed by atoms with van der Waals surface area (Å²) in [6, 6.07) is 1.71. The van der Waals surface area contributed by atoms with Crippen LogP contribution < -0.4 is 11.1 Å². The van der Waals surface area contributed by atoms with Gasteiger partial charge in [-0.25, -0.2) is 9.97 Å². The Hall–Kier alpha value is -3.76. The maximum absolute atomic E-state index is 12.1. The van der Waals surface area contributed by atoms with Crippen molar-refractivity contribution in [3.05, 3.63) is 31.0 Å². The van der Waals surface area contributed by atoms with Gasteiger partial charge in [0, 0.05) is 24.9 Å². The Kier molecular flexibility index (Phi) is 3.38. The van der Waals surface area contributed by atoms with E-state index in [2.05, 4.69) is 35.5 Å². The molecular weight excluding hydrogens is 324 g/mol. The summed E-state index contributed by atoms with van der Waals surface area (Å²) in [7, 11) is 1.75. The average molecular weight is 338 g/mol. The molecule has 4 rings (SSSR count). The number of carbonyl (C=O) groups is 1. The SMILES string of the molecule is Cn1nccc1NC(=O)Cn1cc(-c2nc(N)nc3nc[nH]c23)cn1. The number of hydrogen-bond donors (Lipinski definition) is 3. The molecule has 126 valence electrons. The molecule has 0 aliphatic carbocycles. The first-order chi connectivity index (χ1) is 12.1. The summed E-state index contributed by atoms with van der Waals surface area (Å²) in [5, 5.41) is 11.0. The molecule has 0 aromatic carbocycles. The Morgan fingerprint density at radius 1 is 1.36 bits per heavy atom. The van der Waals surface area contributed by atoms with Gasteiger partial charge in [0.25, 0.3) is 0 Å². The summed E-state index contributed by atoms with van der Waals surface area (Å²) in [5.41, 5.74) is 8.15. The molecular formula is C14H14N10O. The van der Waals surface area contributed by atoms with E-state index in [-0.39, 0.29) is 18.4 Å². The zero-order valence-corrected chi connectivity index (χ0v) is 13.2. The van der Waals surface area contributed by atoms with Gasteiger partial charge >= 0.3 is 0 Å². The number of fused-ring (bicyclic) bond motifs is 1. The van der Waals surface area contributed by atoms with Gasteiger partial charge in [-0.05, 0) is 0 Å². The van der Waals surface area contributed by atoms with Crippen LogP contribution >= 0.6 is 0 Å². The topological polar surface area (TPSA) is 145 Å². The number of rotatable bonds is 4. The molecule has 4 aromatic heterocycles. The minimum Gasteiger partial charge on any atom is -0.368 e. The van der Waals surface area contributed by atoms with Crippen LogP contribution in [0.4, 0.5) is 11.8 Å². The second-order valence-corrected chi connectivity index (χ2v) is 5.35. The second kappa shape index (κ2) is 5.70. The van der Waals surface area contributed by atoms with Crippen molar-refractivity contribution in [2.75, 3.05) is 11.1 Å². The number of aryl methyl sites for hydroxylation is 1. The smallest absolute Gasteiger partial charge is 0.247 e. The second-order valence-electron chi connectivity index (χ2n) is 5.35. The highest BCUT2D eigenvalue weighted by atomic mass is 16.2. The molecule has 0 radical (unpaired) electrons. The lowest BCUT2D eigenvalue weighted by atomic mass is 10.2.